The summed E-state index contributed by atoms with van der Waals surface area (Å²) in [4.78, 5) is 0. The second-order valence-electron chi connectivity index (χ2n) is 5.19. The second-order valence-corrected chi connectivity index (χ2v) is 5.19. The molecule has 3 rings (SSSR count). The lowest BCUT2D eigenvalue weighted by atomic mass is 10.1. The summed E-state index contributed by atoms with van der Waals surface area (Å²) in [5, 5.41) is 13.1. The maximum Gasteiger partial charge on any atom is 0.256 e. The summed E-state index contributed by atoms with van der Waals surface area (Å²) in [5.74, 6) is -0.00212. The highest BCUT2D eigenvalue weighted by Crippen LogP contribution is 2.21. The Balaban J connectivity index is 1.72. The summed E-state index contributed by atoms with van der Waals surface area (Å²) in [6.45, 7) is 0.888. The minimum Gasteiger partial charge on any atom is -0.365 e. The average Bonchev–Trinajstić information content (AvgIpc) is 3.06. The van der Waals surface area contributed by atoms with Crippen LogP contribution in [0.2, 0.25) is 0 Å². The molecule has 23 heavy (non-hydrogen) atoms. The molecule has 0 bridgehead atoms. The summed E-state index contributed by atoms with van der Waals surface area (Å²) in [6, 6.07) is 18.3. The molecular formula is C17H19N6+. The monoisotopic (exact) mass is 307 g/mol. The molecule has 0 aliphatic carbocycles. The molecule has 0 unspecified atom stereocenters. The van der Waals surface area contributed by atoms with Gasteiger partial charge in [0.15, 0.2) is 0 Å². The zero-order valence-electron chi connectivity index (χ0n) is 12.7. The molecule has 0 atom stereocenters. The molecule has 1 heterocycles. The van der Waals surface area contributed by atoms with Gasteiger partial charge in [-0.2, -0.15) is 5.10 Å². The van der Waals surface area contributed by atoms with Gasteiger partial charge >= 0.3 is 0 Å². The van der Waals surface area contributed by atoms with Crippen LogP contribution in [0.3, 0.4) is 0 Å². The second kappa shape index (κ2) is 6.74. The average molecular weight is 307 g/mol. The molecule has 6 heteroatoms. The molecule has 0 fully saturated rings. The summed E-state index contributed by atoms with van der Waals surface area (Å²) in [5.41, 5.74) is 14.8. The Bertz CT molecular complexity index is 742. The number of nitrogens with one attached hydrogen (secondary N) is 1. The molecule has 0 spiro atoms. The van der Waals surface area contributed by atoms with Crippen molar-refractivity contribution in [1.29, 1.82) is 0 Å². The smallest absolute Gasteiger partial charge is 0.256 e. The van der Waals surface area contributed by atoms with Crippen molar-refractivity contribution in [3.05, 3.63) is 65.7 Å². The Morgan fingerprint density at radius 2 is 1.83 bits per heavy atom. The van der Waals surface area contributed by atoms with Gasteiger partial charge in [-0.1, -0.05) is 30.3 Å². The maximum absolute atomic E-state index is 5.25. The van der Waals surface area contributed by atoms with Crippen molar-refractivity contribution < 1.29 is 5.10 Å². The van der Waals surface area contributed by atoms with Crippen LogP contribution in [0.25, 0.3) is 0 Å². The molecule has 5 N–H and O–H groups in total. The first-order valence-corrected chi connectivity index (χ1v) is 7.40. The molecule has 0 aromatic heterocycles. The van der Waals surface area contributed by atoms with E-state index in [0.29, 0.717) is 0 Å². The van der Waals surface area contributed by atoms with Crippen LogP contribution in [0.5, 0.6) is 0 Å². The Labute approximate surface area is 134 Å². The molecule has 1 aliphatic rings. The zero-order valence-corrected chi connectivity index (χ0v) is 12.7. The highest BCUT2D eigenvalue weighted by atomic mass is 15.5. The van der Waals surface area contributed by atoms with Crippen LogP contribution >= 0.6 is 0 Å². The molecular weight excluding hydrogens is 288 g/mol. The van der Waals surface area contributed by atoms with Crippen molar-refractivity contribution in [2.45, 2.75) is 6.42 Å². The number of hydrogen-bond acceptors (Lipinski definition) is 3. The van der Waals surface area contributed by atoms with E-state index in [4.69, 9.17) is 16.6 Å². The summed E-state index contributed by atoms with van der Waals surface area (Å²) in [6.07, 6.45) is 2.68. The van der Waals surface area contributed by atoms with E-state index < -0.39 is 0 Å². The van der Waals surface area contributed by atoms with Crippen LogP contribution in [-0.2, 0) is 0 Å². The number of anilines is 1. The summed E-state index contributed by atoms with van der Waals surface area (Å²) >= 11 is 0. The first-order valence-electron chi connectivity index (χ1n) is 7.40. The number of hydrazone groups is 2. The van der Waals surface area contributed by atoms with E-state index in [1.165, 1.54) is 5.56 Å². The van der Waals surface area contributed by atoms with Crippen molar-refractivity contribution >= 4 is 23.6 Å². The van der Waals surface area contributed by atoms with Gasteiger partial charge in [0.25, 0.3) is 5.96 Å². The molecule has 0 radical (unpaired) electrons. The van der Waals surface area contributed by atoms with Crippen molar-refractivity contribution in [1.82, 2.24) is 0 Å². The Morgan fingerprint density at radius 1 is 1.09 bits per heavy atom. The molecule has 0 saturated heterocycles. The van der Waals surface area contributed by atoms with Gasteiger partial charge in [0, 0.05) is 23.6 Å². The molecule has 1 aliphatic heterocycles. The van der Waals surface area contributed by atoms with Gasteiger partial charge in [0.2, 0.25) is 6.21 Å². The number of hydrogen-bond donors (Lipinski definition) is 3. The first kappa shape index (κ1) is 14.8. The normalized spacial score (nSPS) is 14.1. The summed E-state index contributed by atoms with van der Waals surface area (Å²) < 4.78 is 0. The van der Waals surface area contributed by atoms with Crippen molar-refractivity contribution in [3.8, 4) is 0 Å². The zero-order chi connectivity index (χ0) is 16.1. The van der Waals surface area contributed by atoms with Gasteiger partial charge in [-0.15, -0.1) is 5.10 Å². The van der Waals surface area contributed by atoms with Crippen LogP contribution < -0.4 is 21.6 Å². The maximum atomic E-state index is 5.25. The van der Waals surface area contributed by atoms with E-state index in [1.807, 2.05) is 47.5 Å². The largest absolute Gasteiger partial charge is 0.365 e. The topological polar surface area (TPSA) is 94.0 Å². The minimum absolute atomic E-state index is 0.00212. The molecule has 0 amide bonds. The third-order valence-corrected chi connectivity index (χ3v) is 3.52. The Hall–Kier alpha value is -3.15. The first-order chi connectivity index (χ1) is 11.2. The van der Waals surface area contributed by atoms with Gasteiger partial charge < -0.3 is 11.5 Å². The lowest BCUT2D eigenvalue weighted by molar-refractivity contribution is -0.456. The van der Waals surface area contributed by atoms with Gasteiger partial charge in [-0.3, -0.25) is 5.01 Å². The van der Waals surface area contributed by atoms with E-state index >= 15 is 0 Å². The van der Waals surface area contributed by atoms with Gasteiger partial charge in [0.05, 0.1) is 11.4 Å². The van der Waals surface area contributed by atoms with Crippen LogP contribution in [0.1, 0.15) is 17.5 Å². The van der Waals surface area contributed by atoms with Crippen molar-refractivity contribution in [3.63, 3.8) is 0 Å². The molecule has 116 valence electrons. The SMILES string of the molecule is NC(N)=N/[NH+]=C\c1ccc(N2CCC(c3ccccc3)=N2)cc1. The van der Waals surface area contributed by atoms with Gasteiger partial charge in [0.1, 0.15) is 0 Å². The Morgan fingerprint density at radius 3 is 2.52 bits per heavy atom. The number of nitrogens with zero attached hydrogens (tertiary/aromatic N) is 3. The Kier molecular flexibility index (Phi) is 4.33. The predicted octanol–water partition coefficient (Wildman–Crippen LogP) is -0.0111. The molecule has 2 aromatic carbocycles. The number of guanidine groups is 1. The van der Waals surface area contributed by atoms with E-state index in [0.717, 1.165) is 29.9 Å². The fraction of sp³-hybridized carbons (Fsp3) is 0.118. The molecule has 2 aromatic rings. The van der Waals surface area contributed by atoms with Crippen molar-refractivity contribution in [2.24, 2.45) is 21.7 Å². The van der Waals surface area contributed by atoms with Crippen molar-refractivity contribution in [2.75, 3.05) is 11.6 Å². The number of nitrogens with two attached hydrogens (primary N) is 2. The van der Waals surface area contributed by atoms with Gasteiger partial charge in [-0.25, -0.2) is 0 Å². The summed E-state index contributed by atoms with van der Waals surface area (Å²) in [7, 11) is 0. The van der Waals surface area contributed by atoms with E-state index in [2.05, 4.69) is 22.3 Å². The third kappa shape index (κ3) is 3.74. The lowest BCUT2D eigenvalue weighted by Gasteiger charge is -2.13. The van der Waals surface area contributed by atoms with E-state index in [1.54, 1.807) is 6.21 Å². The fourth-order valence-electron chi connectivity index (χ4n) is 2.40. The minimum atomic E-state index is -0.00212. The predicted molar refractivity (Wildman–Crippen MR) is 93.3 cm³/mol. The number of rotatable bonds is 4. The number of benzene rings is 2. The molecule has 0 saturated carbocycles. The fourth-order valence-corrected chi connectivity index (χ4v) is 2.40. The van der Waals surface area contributed by atoms with Gasteiger partial charge in [-0.05, 0) is 29.8 Å². The van der Waals surface area contributed by atoms with E-state index in [9.17, 15) is 0 Å². The molecule has 6 nitrogen and oxygen atoms in total. The highest BCUT2D eigenvalue weighted by Gasteiger charge is 2.16. The van der Waals surface area contributed by atoms with Crippen LogP contribution in [-0.4, -0.2) is 24.4 Å². The van der Waals surface area contributed by atoms with Crippen LogP contribution in [0, 0.1) is 0 Å². The third-order valence-electron chi connectivity index (χ3n) is 3.52. The standard InChI is InChI=1S/C17H18N6/c18-17(19)21-20-12-13-6-8-15(9-7-13)23-11-10-16(22-23)14-4-2-1-3-5-14/h1-9,12H,10-11H2,(H4,18,19,21)/p+1/b20-12-. The van der Waals surface area contributed by atoms with Crippen LogP contribution in [0.15, 0.2) is 64.8 Å². The van der Waals surface area contributed by atoms with Crippen LogP contribution in [0.4, 0.5) is 5.69 Å². The quantitative estimate of drug-likeness (QED) is 0.421. The van der Waals surface area contributed by atoms with E-state index in [-0.39, 0.29) is 5.96 Å². The lowest BCUT2D eigenvalue weighted by Crippen LogP contribution is -2.63. The highest BCUT2D eigenvalue weighted by molar-refractivity contribution is 6.02.